The van der Waals surface area contributed by atoms with Gasteiger partial charge in [-0.3, -0.25) is 24.5 Å². The first-order chi connectivity index (χ1) is 21.1. The molecule has 0 radical (unpaired) electrons. The van der Waals surface area contributed by atoms with E-state index in [2.05, 4.69) is 4.98 Å². The van der Waals surface area contributed by atoms with Gasteiger partial charge in [0.2, 0.25) is 5.78 Å². The maximum Gasteiger partial charge on any atom is 0.339 e. The van der Waals surface area contributed by atoms with Gasteiger partial charge in [0.1, 0.15) is 0 Å². The van der Waals surface area contributed by atoms with E-state index < -0.39 is 35.1 Å². The summed E-state index contributed by atoms with van der Waals surface area (Å²) in [7, 11) is 0. The number of amides is 2. The average molecular weight is 606 g/mol. The molecular formula is C33H20ClN3O7. The number of aromatic nitrogens is 1. The van der Waals surface area contributed by atoms with E-state index in [0.29, 0.717) is 49.6 Å². The van der Waals surface area contributed by atoms with E-state index in [4.69, 9.17) is 16.3 Å². The number of Topliss-reactive ketones (excluding diaryl/α,β-unsaturated/α-hetero) is 1. The molecule has 11 heteroatoms. The lowest BCUT2D eigenvalue weighted by Crippen LogP contribution is -2.29. The van der Waals surface area contributed by atoms with Gasteiger partial charge >= 0.3 is 5.97 Å². The highest BCUT2D eigenvalue weighted by Gasteiger charge is 2.36. The molecule has 0 atom stereocenters. The summed E-state index contributed by atoms with van der Waals surface area (Å²) in [6.45, 7) is 0.912. The van der Waals surface area contributed by atoms with Gasteiger partial charge in [-0.25, -0.2) is 14.7 Å². The fourth-order valence-electron chi connectivity index (χ4n) is 4.99. The molecule has 10 nitrogen and oxygen atoms in total. The van der Waals surface area contributed by atoms with Crippen LogP contribution in [0.25, 0.3) is 22.2 Å². The number of esters is 1. The van der Waals surface area contributed by atoms with Crippen LogP contribution in [0.4, 0.5) is 11.4 Å². The molecule has 216 valence electrons. The van der Waals surface area contributed by atoms with E-state index in [9.17, 15) is 29.3 Å². The molecule has 0 unspecified atom stereocenters. The van der Waals surface area contributed by atoms with Gasteiger partial charge in [-0.05, 0) is 55.5 Å². The summed E-state index contributed by atoms with van der Waals surface area (Å²) in [5.41, 5.74) is 2.77. The smallest absolute Gasteiger partial charge is 0.339 e. The second-order valence-corrected chi connectivity index (χ2v) is 10.4. The minimum absolute atomic E-state index is 0.0385. The molecule has 1 aliphatic heterocycles. The third kappa shape index (κ3) is 5.07. The number of anilines is 1. The minimum atomic E-state index is -0.821. The van der Waals surface area contributed by atoms with Crippen molar-refractivity contribution in [1.82, 2.24) is 4.98 Å². The first-order valence-corrected chi connectivity index (χ1v) is 13.6. The van der Waals surface area contributed by atoms with Crippen molar-refractivity contribution in [2.75, 3.05) is 11.5 Å². The van der Waals surface area contributed by atoms with Crippen LogP contribution in [-0.2, 0) is 4.74 Å². The highest BCUT2D eigenvalue weighted by atomic mass is 35.5. The second-order valence-electron chi connectivity index (χ2n) is 10.0. The van der Waals surface area contributed by atoms with Crippen LogP contribution < -0.4 is 4.90 Å². The second kappa shape index (κ2) is 11.2. The van der Waals surface area contributed by atoms with E-state index in [0.717, 1.165) is 11.0 Å². The van der Waals surface area contributed by atoms with E-state index in [-0.39, 0.29) is 16.8 Å². The van der Waals surface area contributed by atoms with Gasteiger partial charge in [0.25, 0.3) is 17.5 Å². The van der Waals surface area contributed by atoms with Crippen molar-refractivity contribution in [2.45, 2.75) is 6.92 Å². The third-order valence-electron chi connectivity index (χ3n) is 7.27. The average Bonchev–Trinajstić information content (AvgIpc) is 3.28. The summed E-state index contributed by atoms with van der Waals surface area (Å²) in [6.07, 6.45) is 0. The van der Waals surface area contributed by atoms with Crippen LogP contribution in [0, 0.1) is 17.0 Å². The Labute approximate surface area is 254 Å². The first-order valence-electron chi connectivity index (χ1n) is 13.3. The zero-order chi connectivity index (χ0) is 31.1. The van der Waals surface area contributed by atoms with Crippen LogP contribution in [0.1, 0.15) is 47.0 Å². The van der Waals surface area contributed by atoms with Crippen LogP contribution >= 0.6 is 11.6 Å². The van der Waals surface area contributed by atoms with Crippen LogP contribution in [-0.4, -0.2) is 40.1 Å². The molecule has 0 fully saturated rings. The molecule has 0 saturated carbocycles. The number of hydrogen-bond acceptors (Lipinski definition) is 8. The van der Waals surface area contributed by atoms with E-state index in [1.807, 2.05) is 0 Å². The number of benzene rings is 4. The van der Waals surface area contributed by atoms with Gasteiger partial charge in [0, 0.05) is 33.2 Å². The summed E-state index contributed by atoms with van der Waals surface area (Å²) in [4.78, 5) is 68.3. The molecule has 6 rings (SSSR count). The first kappa shape index (κ1) is 28.4. The molecule has 0 bridgehead atoms. The molecule has 44 heavy (non-hydrogen) atoms. The molecule has 1 aliphatic rings. The van der Waals surface area contributed by atoms with Gasteiger partial charge < -0.3 is 4.74 Å². The Morgan fingerprint density at radius 2 is 1.59 bits per heavy atom. The number of rotatable bonds is 7. The quantitative estimate of drug-likeness (QED) is 0.0664. The Kier molecular flexibility index (Phi) is 7.20. The van der Waals surface area contributed by atoms with Gasteiger partial charge in [-0.15, -0.1) is 0 Å². The molecule has 0 N–H and O–H groups in total. The monoisotopic (exact) mass is 605 g/mol. The van der Waals surface area contributed by atoms with Crippen molar-refractivity contribution in [3.8, 4) is 11.3 Å². The van der Waals surface area contributed by atoms with Crippen molar-refractivity contribution >= 4 is 57.4 Å². The summed E-state index contributed by atoms with van der Waals surface area (Å²) in [5, 5.41) is 12.0. The lowest BCUT2D eigenvalue weighted by Gasteiger charge is -2.15. The number of nitro groups is 1. The Morgan fingerprint density at radius 1 is 0.909 bits per heavy atom. The summed E-state index contributed by atoms with van der Waals surface area (Å²) in [5.74, 6) is -2.27. The highest BCUT2D eigenvalue weighted by molar-refractivity contribution is 6.34. The fraction of sp³-hybridized carbons (Fsp3) is 0.0606. The molecular weight excluding hydrogens is 586 g/mol. The fourth-order valence-corrected chi connectivity index (χ4v) is 5.16. The van der Waals surface area contributed by atoms with Gasteiger partial charge in [0.15, 0.2) is 6.61 Å². The minimum Gasteiger partial charge on any atom is -0.454 e. The number of carbonyl (C=O) groups excluding carboxylic acids is 4. The number of nitro benzene ring substituents is 1. The Bertz CT molecular complexity index is 2020. The van der Waals surface area contributed by atoms with Gasteiger partial charge in [-0.1, -0.05) is 48.0 Å². The van der Waals surface area contributed by atoms with Gasteiger partial charge in [0.05, 0.1) is 38.5 Å². The molecule has 1 aromatic heterocycles. The number of ether oxygens (including phenoxy) is 1. The van der Waals surface area contributed by atoms with Crippen molar-refractivity contribution in [3.63, 3.8) is 0 Å². The van der Waals surface area contributed by atoms with Crippen molar-refractivity contribution in [1.29, 1.82) is 0 Å². The summed E-state index contributed by atoms with van der Waals surface area (Å²) >= 11 is 6.20. The molecule has 5 aromatic rings. The molecule has 4 aromatic carbocycles. The number of pyridine rings is 1. The Balaban J connectivity index is 1.28. The number of halogens is 1. The zero-order valence-electron chi connectivity index (χ0n) is 22.9. The van der Waals surface area contributed by atoms with Crippen LogP contribution in [0.2, 0.25) is 5.02 Å². The number of fused-ring (bicyclic) bond motifs is 2. The Hall–Kier alpha value is -5.74. The highest BCUT2D eigenvalue weighted by Crippen LogP contribution is 2.32. The van der Waals surface area contributed by atoms with E-state index in [1.54, 1.807) is 73.7 Å². The zero-order valence-corrected chi connectivity index (χ0v) is 23.7. The third-order valence-corrected chi connectivity index (χ3v) is 7.50. The molecule has 0 saturated heterocycles. The lowest BCUT2D eigenvalue weighted by atomic mass is 10.0. The maximum absolute atomic E-state index is 13.3. The number of hydrogen-bond donors (Lipinski definition) is 0. The molecule has 2 heterocycles. The normalized spacial score (nSPS) is 12.4. The van der Waals surface area contributed by atoms with E-state index >= 15 is 0 Å². The number of nitrogens with zero attached hydrogens (tertiary/aromatic N) is 3. The van der Waals surface area contributed by atoms with E-state index in [1.165, 1.54) is 18.2 Å². The predicted molar refractivity (Wildman–Crippen MR) is 162 cm³/mol. The van der Waals surface area contributed by atoms with Gasteiger partial charge in [-0.2, -0.15) is 0 Å². The van der Waals surface area contributed by atoms with Crippen molar-refractivity contribution in [2.24, 2.45) is 0 Å². The van der Waals surface area contributed by atoms with Crippen LogP contribution in [0.15, 0.2) is 91.0 Å². The number of ketones is 1. The standard InChI is InChI=1S/C33H20ClN3O7/c1-18-6-7-20(14-29(18)37(42)43)30(38)17-44-33(41)26-16-28(35-27-13-10-21(34)15-25(26)27)19-8-11-22(12-9-19)36-31(39)23-4-2-3-5-24(23)32(36)40/h2-16H,17H2,1H3. The Morgan fingerprint density at radius 3 is 2.25 bits per heavy atom. The number of carbonyl (C=O) groups is 4. The summed E-state index contributed by atoms with van der Waals surface area (Å²) < 4.78 is 5.34. The topological polar surface area (TPSA) is 137 Å². The molecule has 2 amide bonds. The number of aryl methyl sites for hydroxylation is 1. The van der Waals surface area contributed by atoms with Crippen molar-refractivity contribution in [3.05, 3.63) is 134 Å². The predicted octanol–water partition coefficient (Wildman–Crippen LogP) is 6.61. The van der Waals surface area contributed by atoms with Crippen molar-refractivity contribution < 1.29 is 28.8 Å². The number of imide groups is 1. The van der Waals surface area contributed by atoms with Crippen LogP contribution in [0.3, 0.4) is 0 Å². The SMILES string of the molecule is Cc1ccc(C(=O)COC(=O)c2cc(-c3ccc(N4C(=O)c5ccccc5C4=O)cc3)nc3ccc(Cl)cc23)cc1[N+](=O)[O-]. The van der Waals surface area contributed by atoms with Crippen LogP contribution in [0.5, 0.6) is 0 Å². The molecule has 0 aliphatic carbocycles. The summed E-state index contributed by atoms with van der Waals surface area (Å²) in [6, 6.07) is 23.5. The molecule has 0 spiro atoms. The maximum atomic E-state index is 13.3. The largest absolute Gasteiger partial charge is 0.454 e. The lowest BCUT2D eigenvalue weighted by molar-refractivity contribution is -0.385.